The van der Waals surface area contributed by atoms with E-state index in [4.69, 9.17) is 0 Å². The van der Waals surface area contributed by atoms with Gasteiger partial charge in [0.1, 0.15) is 0 Å². The largest absolute Gasteiger partial charge is 0.308 e. The molecule has 0 bridgehead atoms. The summed E-state index contributed by atoms with van der Waals surface area (Å²) in [6.07, 6.45) is 6.77. The van der Waals surface area contributed by atoms with Crippen LogP contribution in [0.1, 0.15) is 66.7 Å². The Morgan fingerprint density at radius 1 is 1.00 bits per heavy atom. The molecule has 112 valence electrons. The van der Waals surface area contributed by atoms with Gasteiger partial charge in [0.15, 0.2) is 0 Å². The van der Waals surface area contributed by atoms with E-state index in [0.29, 0.717) is 11.6 Å². The predicted molar refractivity (Wildman–Crippen MR) is 83.5 cm³/mol. The molecule has 2 heteroatoms. The average molecular weight is 266 g/mol. The fraction of sp³-hybridized carbons (Fsp3) is 1.00. The minimum Gasteiger partial charge on any atom is -0.308 e. The third-order valence-electron chi connectivity index (χ3n) is 5.80. The van der Waals surface area contributed by atoms with Crippen LogP contribution in [-0.2, 0) is 0 Å². The summed E-state index contributed by atoms with van der Waals surface area (Å²) < 4.78 is 0. The fourth-order valence-electron chi connectivity index (χ4n) is 4.43. The first-order valence-corrected chi connectivity index (χ1v) is 8.50. The van der Waals surface area contributed by atoms with Gasteiger partial charge in [-0.2, -0.15) is 0 Å². The molecule has 2 nitrogen and oxygen atoms in total. The van der Waals surface area contributed by atoms with Gasteiger partial charge >= 0.3 is 0 Å². The number of piperazine rings is 1. The summed E-state index contributed by atoms with van der Waals surface area (Å²) in [4.78, 5) is 2.84. The van der Waals surface area contributed by atoms with Crippen molar-refractivity contribution in [3.63, 3.8) is 0 Å². The van der Waals surface area contributed by atoms with Crippen molar-refractivity contribution >= 4 is 0 Å². The second kappa shape index (κ2) is 6.13. The van der Waals surface area contributed by atoms with Gasteiger partial charge in [0, 0.05) is 30.7 Å². The van der Waals surface area contributed by atoms with Crippen LogP contribution in [0.25, 0.3) is 0 Å². The normalized spacial score (nSPS) is 40.3. The molecule has 1 saturated heterocycles. The molecule has 2 aliphatic rings. The maximum Gasteiger partial charge on any atom is 0.0304 e. The number of hydrogen-bond acceptors (Lipinski definition) is 2. The van der Waals surface area contributed by atoms with Crippen LogP contribution in [-0.4, -0.2) is 35.6 Å². The van der Waals surface area contributed by atoms with Crippen LogP contribution < -0.4 is 5.32 Å². The van der Waals surface area contributed by atoms with Crippen LogP contribution in [0.2, 0.25) is 0 Å². The zero-order valence-electron chi connectivity index (χ0n) is 13.7. The molecule has 3 unspecified atom stereocenters. The summed E-state index contributed by atoms with van der Waals surface area (Å²) in [6.45, 7) is 14.4. The fourth-order valence-corrected chi connectivity index (χ4v) is 4.43. The monoisotopic (exact) mass is 266 g/mol. The Labute approximate surface area is 120 Å². The van der Waals surface area contributed by atoms with E-state index in [-0.39, 0.29) is 0 Å². The first kappa shape index (κ1) is 15.3. The van der Waals surface area contributed by atoms with Crippen LogP contribution in [0.3, 0.4) is 0 Å². The summed E-state index contributed by atoms with van der Waals surface area (Å²) >= 11 is 0. The van der Waals surface area contributed by atoms with Gasteiger partial charge in [0.2, 0.25) is 0 Å². The van der Waals surface area contributed by atoms with Gasteiger partial charge in [-0.05, 0) is 50.9 Å². The van der Waals surface area contributed by atoms with Crippen LogP contribution >= 0.6 is 0 Å². The predicted octanol–water partition coefficient (Wildman–Crippen LogP) is 3.66. The van der Waals surface area contributed by atoms with Gasteiger partial charge in [-0.1, -0.05) is 27.7 Å². The van der Waals surface area contributed by atoms with E-state index in [0.717, 1.165) is 17.9 Å². The van der Waals surface area contributed by atoms with Crippen molar-refractivity contribution in [2.75, 3.05) is 13.1 Å². The van der Waals surface area contributed by atoms with E-state index in [1.165, 1.54) is 45.2 Å². The molecule has 0 radical (unpaired) electrons. The molecule has 0 aromatic heterocycles. The molecule has 19 heavy (non-hydrogen) atoms. The van der Waals surface area contributed by atoms with E-state index in [9.17, 15) is 0 Å². The van der Waals surface area contributed by atoms with Crippen LogP contribution in [0.15, 0.2) is 0 Å². The molecule has 1 heterocycles. The minimum atomic E-state index is 0.371. The summed E-state index contributed by atoms with van der Waals surface area (Å²) in [5, 5.41) is 3.83. The van der Waals surface area contributed by atoms with Crippen molar-refractivity contribution in [3.8, 4) is 0 Å². The summed E-state index contributed by atoms with van der Waals surface area (Å²) in [5.74, 6) is 1.82. The molecule has 1 aliphatic carbocycles. The molecule has 1 saturated carbocycles. The number of nitrogens with one attached hydrogen (secondary N) is 1. The summed E-state index contributed by atoms with van der Waals surface area (Å²) in [5.41, 5.74) is 0.371. The smallest absolute Gasteiger partial charge is 0.0304 e. The lowest BCUT2D eigenvalue weighted by Crippen LogP contribution is -2.65. The van der Waals surface area contributed by atoms with Gasteiger partial charge in [-0.3, -0.25) is 4.90 Å². The molecule has 0 aromatic carbocycles. The lowest BCUT2D eigenvalue weighted by atomic mass is 9.78. The van der Waals surface area contributed by atoms with Crippen molar-refractivity contribution in [2.45, 2.75) is 84.3 Å². The summed E-state index contributed by atoms with van der Waals surface area (Å²) in [6, 6.07) is 1.53. The van der Waals surface area contributed by atoms with Gasteiger partial charge in [0.25, 0.3) is 0 Å². The third kappa shape index (κ3) is 3.33. The second-order valence-corrected chi connectivity index (χ2v) is 7.46. The zero-order valence-corrected chi connectivity index (χ0v) is 13.7. The van der Waals surface area contributed by atoms with Gasteiger partial charge in [-0.25, -0.2) is 0 Å². The third-order valence-corrected chi connectivity index (χ3v) is 5.80. The Hall–Kier alpha value is -0.0800. The van der Waals surface area contributed by atoms with Crippen molar-refractivity contribution in [1.82, 2.24) is 10.2 Å². The van der Waals surface area contributed by atoms with Crippen LogP contribution in [0.5, 0.6) is 0 Å². The van der Waals surface area contributed by atoms with Gasteiger partial charge in [0.05, 0.1) is 0 Å². The molecule has 0 aromatic rings. The molecular formula is C17H34N2. The highest BCUT2D eigenvalue weighted by Gasteiger charge is 2.39. The van der Waals surface area contributed by atoms with E-state index in [1.807, 2.05) is 0 Å². The summed E-state index contributed by atoms with van der Waals surface area (Å²) in [7, 11) is 0. The van der Waals surface area contributed by atoms with Gasteiger partial charge in [-0.15, -0.1) is 0 Å². The van der Waals surface area contributed by atoms with E-state index >= 15 is 0 Å². The lowest BCUT2D eigenvalue weighted by molar-refractivity contribution is 0.0131. The number of hydrogen-bond donors (Lipinski definition) is 1. The van der Waals surface area contributed by atoms with Crippen molar-refractivity contribution in [1.29, 1.82) is 0 Å². The van der Waals surface area contributed by atoms with E-state index in [1.54, 1.807) is 0 Å². The average Bonchev–Trinajstić information content (AvgIpc) is 2.39. The minimum absolute atomic E-state index is 0.371. The van der Waals surface area contributed by atoms with Crippen molar-refractivity contribution in [2.24, 2.45) is 11.8 Å². The van der Waals surface area contributed by atoms with Crippen LogP contribution in [0, 0.1) is 11.8 Å². The number of rotatable bonds is 3. The molecule has 2 rings (SSSR count). The molecule has 2 fully saturated rings. The topological polar surface area (TPSA) is 15.3 Å². The zero-order chi connectivity index (χ0) is 14.0. The highest BCUT2D eigenvalue weighted by Crippen LogP contribution is 2.35. The SMILES string of the molecule is CCC1(CC)CN(C2CC(C)CC(C)C2)C(C)CN1. The first-order valence-electron chi connectivity index (χ1n) is 8.50. The molecule has 0 spiro atoms. The van der Waals surface area contributed by atoms with E-state index < -0.39 is 0 Å². The Balaban J connectivity index is 2.08. The van der Waals surface area contributed by atoms with Crippen molar-refractivity contribution in [3.05, 3.63) is 0 Å². The molecule has 1 N–H and O–H groups in total. The van der Waals surface area contributed by atoms with Crippen LogP contribution in [0.4, 0.5) is 0 Å². The Kier molecular flexibility index (Phi) is 4.94. The highest BCUT2D eigenvalue weighted by molar-refractivity contribution is 4.98. The Bertz CT molecular complexity index is 275. The first-order chi connectivity index (χ1) is 8.99. The van der Waals surface area contributed by atoms with Crippen molar-refractivity contribution < 1.29 is 0 Å². The number of nitrogens with zero attached hydrogens (tertiary/aromatic N) is 1. The standard InChI is InChI=1S/C17H34N2/c1-6-17(7-2)12-19(15(5)11-18-17)16-9-13(3)8-14(4)10-16/h13-16,18H,6-12H2,1-5H3. The molecule has 0 amide bonds. The lowest BCUT2D eigenvalue weighted by Gasteiger charge is -2.51. The highest BCUT2D eigenvalue weighted by atomic mass is 15.3. The molecular weight excluding hydrogens is 232 g/mol. The maximum absolute atomic E-state index is 3.83. The Morgan fingerprint density at radius 3 is 2.11 bits per heavy atom. The molecule has 3 atom stereocenters. The van der Waals surface area contributed by atoms with Gasteiger partial charge < -0.3 is 5.32 Å². The quantitative estimate of drug-likeness (QED) is 0.838. The Morgan fingerprint density at radius 2 is 1.58 bits per heavy atom. The molecule has 1 aliphatic heterocycles. The second-order valence-electron chi connectivity index (χ2n) is 7.46. The van der Waals surface area contributed by atoms with E-state index in [2.05, 4.69) is 44.8 Å². The maximum atomic E-state index is 3.83.